The predicted octanol–water partition coefficient (Wildman–Crippen LogP) is 3.17. The largest absolute Gasteiger partial charge is 0.397 e. The highest BCUT2D eigenvalue weighted by Crippen LogP contribution is 2.19. The molecule has 1 heterocycles. The van der Waals surface area contributed by atoms with Crippen LogP contribution in [0.25, 0.3) is 10.9 Å². The molecule has 0 aliphatic heterocycles. The van der Waals surface area contributed by atoms with Gasteiger partial charge < -0.3 is 15.6 Å². The highest BCUT2D eigenvalue weighted by atomic mass is 16.1. The van der Waals surface area contributed by atoms with E-state index in [9.17, 15) is 4.79 Å². The minimum Gasteiger partial charge on any atom is -0.397 e. The molecule has 0 fully saturated rings. The molecule has 3 N–H and O–H groups in total. The van der Waals surface area contributed by atoms with Crippen molar-refractivity contribution in [2.45, 2.75) is 13.5 Å². The molecule has 4 heteroatoms. The normalized spacial score (nSPS) is 10.7. The minimum atomic E-state index is -0.0908. The summed E-state index contributed by atoms with van der Waals surface area (Å²) < 4.78 is 1.94. The van der Waals surface area contributed by atoms with Crippen LogP contribution in [0.4, 0.5) is 11.4 Å². The molecule has 0 saturated carbocycles. The number of carbonyl (C=O) groups is 1. The van der Waals surface area contributed by atoms with Gasteiger partial charge >= 0.3 is 0 Å². The third-order valence-corrected chi connectivity index (χ3v) is 3.48. The number of nitrogens with zero attached hydrogens (tertiary/aromatic N) is 1. The first-order valence-electron chi connectivity index (χ1n) is 6.83. The summed E-state index contributed by atoms with van der Waals surface area (Å²) >= 11 is 0. The van der Waals surface area contributed by atoms with Crippen molar-refractivity contribution >= 4 is 28.2 Å². The number of anilines is 2. The molecular formula is C17H17N3O. The first-order valence-corrected chi connectivity index (χ1v) is 6.83. The molecule has 0 saturated heterocycles. The Morgan fingerprint density at radius 1 is 1.19 bits per heavy atom. The Morgan fingerprint density at radius 2 is 2.00 bits per heavy atom. The Bertz CT molecular complexity index is 805. The fraction of sp³-hybridized carbons (Fsp3) is 0.118. The summed E-state index contributed by atoms with van der Waals surface area (Å²) in [5.41, 5.74) is 9.29. The molecule has 4 nitrogen and oxygen atoms in total. The molecular weight excluding hydrogens is 262 g/mol. The lowest BCUT2D eigenvalue weighted by molar-refractivity contribution is -0.116. The second kappa shape index (κ2) is 5.32. The molecule has 0 aliphatic rings. The Balaban J connectivity index is 1.80. The number of nitrogens with one attached hydrogen (secondary N) is 1. The van der Waals surface area contributed by atoms with E-state index < -0.39 is 0 Å². The summed E-state index contributed by atoms with van der Waals surface area (Å²) in [5, 5.41) is 3.98. The average Bonchev–Trinajstić information content (AvgIpc) is 2.84. The molecule has 106 valence electrons. The standard InChI is InChI=1S/C17H17N3O/c1-12-6-7-13-8-9-20(16(13)10-12)11-17(21)19-15-5-3-2-4-14(15)18/h2-10H,11,18H2,1H3,(H,19,21). The quantitative estimate of drug-likeness (QED) is 0.723. The van der Waals surface area contributed by atoms with Crippen LogP contribution in [0.1, 0.15) is 5.56 Å². The van der Waals surface area contributed by atoms with Gasteiger partial charge in [0.15, 0.2) is 0 Å². The van der Waals surface area contributed by atoms with E-state index in [2.05, 4.69) is 23.5 Å². The molecule has 2 aromatic carbocycles. The molecule has 0 radical (unpaired) electrons. The summed E-state index contributed by atoms with van der Waals surface area (Å²) in [6.45, 7) is 2.31. The highest BCUT2D eigenvalue weighted by Gasteiger charge is 2.08. The van der Waals surface area contributed by atoms with E-state index in [1.54, 1.807) is 12.1 Å². The summed E-state index contributed by atoms with van der Waals surface area (Å²) in [6, 6.07) is 15.5. The van der Waals surface area contributed by atoms with Gasteiger partial charge in [0.2, 0.25) is 5.91 Å². The monoisotopic (exact) mass is 279 g/mol. The number of fused-ring (bicyclic) bond motifs is 1. The third kappa shape index (κ3) is 2.74. The summed E-state index contributed by atoms with van der Waals surface area (Å²) in [7, 11) is 0. The van der Waals surface area contributed by atoms with E-state index in [1.807, 2.05) is 35.9 Å². The van der Waals surface area contributed by atoms with Crippen molar-refractivity contribution in [3.63, 3.8) is 0 Å². The Morgan fingerprint density at radius 3 is 2.81 bits per heavy atom. The Hall–Kier alpha value is -2.75. The predicted molar refractivity (Wildman–Crippen MR) is 86.2 cm³/mol. The zero-order chi connectivity index (χ0) is 14.8. The number of nitrogen functional groups attached to an aromatic ring is 1. The van der Waals surface area contributed by atoms with Gasteiger partial charge in [0, 0.05) is 11.7 Å². The van der Waals surface area contributed by atoms with Crippen LogP contribution in [0.2, 0.25) is 0 Å². The van der Waals surface area contributed by atoms with Gasteiger partial charge in [0.05, 0.1) is 11.4 Å². The van der Waals surface area contributed by atoms with Gasteiger partial charge in [-0.15, -0.1) is 0 Å². The van der Waals surface area contributed by atoms with Crippen LogP contribution in [-0.4, -0.2) is 10.5 Å². The van der Waals surface area contributed by atoms with Gasteiger partial charge in [0.25, 0.3) is 0 Å². The number of aryl methyl sites for hydroxylation is 1. The lowest BCUT2D eigenvalue weighted by atomic mass is 10.2. The van der Waals surface area contributed by atoms with Crippen molar-refractivity contribution in [2.75, 3.05) is 11.1 Å². The van der Waals surface area contributed by atoms with Gasteiger partial charge in [-0.25, -0.2) is 0 Å². The van der Waals surface area contributed by atoms with E-state index in [4.69, 9.17) is 5.73 Å². The summed E-state index contributed by atoms with van der Waals surface area (Å²) in [6.07, 6.45) is 1.93. The van der Waals surface area contributed by atoms with Crippen molar-refractivity contribution in [3.8, 4) is 0 Å². The maximum Gasteiger partial charge on any atom is 0.244 e. The first kappa shape index (κ1) is 13.2. The Kier molecular flexibility index (Phi) is 3.36. The lowest BCUT2D eigenvalue weighted by Gasteiger charge is -2.09. The van der Waals surface area contributed by atoms with Crippen LogP contribution >= 0.6 is 0 Å². The van der Waals surface area contributed by atoms with Gasteiger partial charge in [-0.1, -0.05) is 24.3 Å². The van der Waals surface area contributed by atoms with E-state index in [0.29, 0.717) is 11.4 Å². The van der Waals surface area contributed by atoms with Crippen molar-refractivity contribution in [1.82, 2.24) is 4.57 Å². The fourth-order valence-electron chi connectivity index (χ4n) is 2.39. The second-order valence-electron chi connectivity index (χ2n) is 5.14. The van der Waals surface area contributed by atoms with Crippen LogP contribution in [0.5, 0.6) is 0 Å². The molecule has 0 atom stereocenters. The number of benzene rings is 2. The molecule has 3 rings (SSSR count). The van der Waals surface area contributed by atoms with Crippen molar-refractivity contribution in [2.24, 2.45) is 0 Å². The van der Waals surface area contributed by atoms with Crippen LogP contribution in [-0.2, 0) is 11.3 Å². The van der Waals surface area contributed by atoms with Gasteiger partial charge in [0.1, 0.15) is 6.54 Å². The van der Waals surface area contributed by atoms with Gasteiger partial charge in [-0.2, -0.15) is 0 Å². The minimum absolute atomic E-state index is 0.0908. The van der Waals surface area contributed by atoms with Crippen LogP contribution in [0.3, 0.4) is 0 Å². The molecule has 3 aromatic rings. The molecule has 1 aromatic heterocycles. The third-order valence-electron chi connectivity index (χ3n) is 3.48. The van der Waals surface area contributed by atoms with Crippen LogP contribution in [0, 0.1) is 6.92 Å². The summed E-state index contributed by atoms with van der Waals surface area (Å²) in [4.78, 5) is 12.2. The van der Waals surface area contributed by atoms with Gasteiger partial charge in [-0.3, -0.25) is 4.79 Å². The maximum atomic E-state index is 12.2. The SMILES string of the molecule is Cc1ccc2ccn(CC(=O)Nc3ccccc3N)c2c1. The molecule has 0 aliphatic carbocycles. The van der Waals surface area contributed by atoms with E-state index >= 15 is 0 Å². The molecule has 0 bridgehead atoms. The lowest BCUT2D eigenvalue weighted by Crippen LogP contribution is -2.18. The topological polar surface area (TPSA) is 60.0 Å². The van der Waals surface area contributed by atoms with Crippen LogP contribution in [0.15, 0.2) is 54.7 Å². The molecule has 0 spiro atoms. The maximum absolute atomic E-state index is 12.2. The van der Waals surface area contributed by atoms with E-state index in [0.717, 1.165) is 10.9 Å². The van der Waals surface area contributed by atoms with Crippen LogP contribution < -0.4 is 11.1 Å². The smallest absolute Gasteiger partial charge is 0.244 e. The number of carbonyl (C=O) groups excluding carboxylic acids is 1. The molecule has 0 unspecified atom stereocenters. The fourth-order valence-corrected chi connectivity index (χ4v) is 2.39. The second-order valence-corrected chi connectivity index (χ2v) is 5.14. The number of amides is 1. The molecule has 1 amide bonds. The number of nitrogens with two attached hydrogens (primary N) is 1. The number of rotatable bonds is 3. The number of hydrogen-bond donors (Lipinski definition) is 2. The van der Waals surface area contributed by atoms with Crippen molar-refractivity contribution in [1.29, 1.82) is 0 Å². The van der Waals surface area contributed by atoms with E-state index in [-0.39, 0.29) is 12.5 Å². The van der Waals surface area contributed by atoms with Crippen molar-refractivity contribution < 1.29 is 4.79 Å². The number of para-hydroxylation sites is 2. The first-order chi connectivity index (χ1) is 10.1. The highest BCUT2D eigenvalue weighted by molar-refractivity contribution is 5.94. The zero-order valence-electron chi connectivity index (χ0n) is 11.8. The number of aromatic nitrogens is 1. The van der Waals surface area contributed by atoms with Crippen molar-refractivity contribution in [3.05, 3.63) is 60.3 Å². The van der Waals surface area contributed by atoms with E-state index in [1.165, 1.54) is 5.56 Å². The summed E-state index contributed by atoms with van der Waals surface area (Å²) in [5.74, 6) is -0.0908. The Labute approximate surface area is 123 Å². The van der Waals surface area contributed by atoms with Gasteiger partial charge in [-0.05, 0) is 42.1 Å². The molecule has 21 heavy (non-hydrogen) atoms. The average molecular weight is 279 g/mol. The number of hydrogen-bond acceptors (Lipinski definition) is 2. The zero-order valence-corrected chi connectivity index (χ0v) is 11.8.